The van der Waals surface area contributed by atoms with Crippen LogP contribution in [0.25, 0.3) is 21.8 Å². The standard InChI is InChI=1S/C19H17FN4O2/c20-14-7-8-16-17(13-5-1-2-6-15(13)24(16)11-21)18(14)23-9-3-4-12(10-23)22-19(25)26/h1-2,5-8,12,22H,3-4,9-10H2,(H,25,26). The first kappa shape index (κ1) is 16.2. The number of fused-ring (bicyclic) bond motifs is 3. The van der Waals surface area contributed by atoms with Crippen LogP contribution in [-0.4, -0.2) is 34.9 Å². The predicted molar refractivity (Wildman–Crippen MR) is 96.8 cm³/mol. The number of aromatic nitrogens is 1. The van der Waals surface area contributed by atoms with Crippen LogP contribution < -0.4 is 10.2 Å². The average Bonchev–Trinajstić information content (AvgIpc) is 2.95. The van der Waals surface area contributed by atoms with Gasteiger partial charge in [-0.3, -0.25) is 0 Å². The van der Waals surface area contributed by atoms with Gasteiger partial charge in [0.25, 0.3) is 0 Å². The fraction of sp³-hybridized carbons (Fsp3) is 0.263. The smallest absolute Gasteiger partial charge is 0.404 e. The number of benzene rings is 2. The molecule has 0 bridgehead atoms. The van der Waals surface area contributed by atoms with E-state index in [0.717, 1.165) is 23.7 Å². The second-order valence-electron chi connectivity index (χ2n) is 6.48. The maximum atomic E-state index is 14.9. The average molecular weight is 352 g/mol. The Morgan fingerprint density at radius 1 is 1.27 bits per heavy atom. The molecule has 2 aromatic carbocycles. The van der Waals surface area contributed by atoms with Gasteiger partial charge in [-0.2, -0.15) is 5.26 Å². The van der Waals surface area contributed by atoms with E-state index in [0.29, 0.717) is 29.7 Å². The molecule has 132 valence electrons. The number of nitrogens with zero attached hydrogens (tertiary/aromatic N) is 3. The van der Waals surface area contributed by atoms with Crippen LogP contribution in [0.5, 0.6) is 0 Å². The number of carbonyl (C=O) groups is 1. The number of anilines is 1. The van der Waals surface area contributed by atoms with Gasteiger partial charge in [0.1, 0.15) is 5.82 Å². The molecule has 1 aliphatic heterocycles. The SMILES string of the molecule is N#Cn1c2ccccc2c2c(N3CCCC(NC(=O)O)C3)c(F)ccc21. The molecule has 0 saturated carbocycles. The molecule has 7 heteroatoms. The Kier molecular flexibility index (Phi) is 3.88. The number of para-hydroxylation sites is 1. The molecule has 1 amide bonds. The molecule has 1 saturated heterocycles. The Morgan fingerprint density at radius 2 is 2.08 bits per heavy atom. The molecular formula is C19H17FN4O2. The van der Waals surface area contributed by atoms with Crippen molar-refractivity contribution in [2.24, 2.45) is 0 Å². The van der Waals surface area contributed by atoms with E-state index in [1.165, 1.54) is 10.6 Å². The van der Waals surface area contributed by atoms with Crippen LogP contribution in [0.2, 0.25) is 0 Å². The number of piperidine rings is 1. The molecule has 1 atom stereocenters. The first-order valence-corrected chi connectivity index (χ1v) is 8.46. The van der Waals surface area contributed by atoms with E-state index >= 15 is 0 Å². The van der Waals surface area contributed by atoms with Crippen molar-refractivity contribution < 1.29 is 14.3 Å². The van der Waals surface area contributed by atoms with Crippen molar-refractivity contribution in [2.45, 2.75) is 18.9 Å². The van der Waals surface area contributed by atoms with Gasteiger partial charge in [0.2, 0.25) is 0 Å². The van der Waals surface area contributed by atoms with Gasteiger partial charge in [0.05, 0.1) is 16.7 Å². The summed E-state index contributed by atoms with van der Waals surface area (Å²) in [5.41, 5.74) is 1.82. The molecule has 3 aromatic rings. The highest BCUT2D eigenvalue weighted by Gasteiger charge is 2.26. The monoisotopic (exact) mass is 352 g/mol. The second-order valence-corrected chi connectivity index (χ2v) is 6.48. The van der Waals surface area contributed by atoms with Crippen LogP contribution in [-0.2, 0) is 0 Å². The van der Waals surface area contributed by atoms with E-state index in [1.807, 2.05) is 29.2 Å². The highest BCUT2D eigenvalue weighted by atomic mass is 19.1. The number of hydrogen-bond acceptors (Lipinski definition) is 3. The third kappa shape index (κ3) is 2.51. The Bertz CT molecular complexity index is 1050. The predicted octanol–water partition coefficient (Wildman–Crippen LogP) is 3.50. The van der Waals surface area contributed by atoms with Gasteiger partial charge in [-0.15, -0.1) is 0 Å². The van der Waals surface area contributed by atoms with Crippen molar-refractivity contribution >= 4 is 33.6 Å². The highest BCUT2D eigenvalue weighted by Crippen LogP contribution is 2.38. The summed E-state index contributed by atoms with van der Waals surface area (Å²) < 4.78 is 16.4. The van der Waals surface area contributed by atoms with Crippen molar-refractivity contribution in [1.82, 2.24) is 9.88 Å². The maximum Gasteiger partial charge on any atom is 0.404 e. The first-order chi connectivity index (χ1) is 12.6. The molecule has 6 nitrogen and oxygen atoms in total. The maximum absolute atomic E-state index is 14.9. The van der Waals surface area contributed by atoms with E-state index in [1.54, 1.807) is 6.07 Å². The molecule has 1 aromatic heterocycles. The number of nitrogens with one attached hydrogen (secondary N) is 1. The van der Waals surface area contributed by atoms with Crippen molar-refractivity contribution in [3.05, 3.63) is 42.2 Å². The molecule has 0 spiro atoms. The van der Waals surface area contributed by atoms with Gasteiger partial charge in [-0.1, -0.05) is 18.2 Å². The van der Waals surface area contributed by atoms with Gasteiger partial charge in [0, 0.05) is 29.9 Å². The lowest BCUT2D eigenvalue weighted by Gasteiger charge is -2.34. The first-order valence-electron chi connectivity index (χ1n) is 8.46. The zero-order valence-corrected chi connectivity index (χ0v) is 13.9. The van der Waals surface area contributed by atoms with Crippen molar-refractivity contribution in [3.8, 4) is 6.19 Å². The fourth-order valence-electron chi connectivity index (χ4n) is 3.91. The third-order valence-corrected chi connectivity index (χ3v) is 4.93. The third-order valence-electron chi connectivity index (χ3n) is 4.93. The van der Waals surface area contributed by atoms with E-state index in [2.05, 4.69) is 11.5 Å². The highest BCUT2D eigenvalue weighted by molar-refractivity contribution is 6.14. The quantitative estimate of drug-likeness (QED) is 0.740. The molecule has 26 heavy (non-hydrogen) atoms. The lowest BCUT2D eigenvalue weighted by atomic mass is 10.0. The molecule has 0 aliphatic carbocycles. The summed E-state index contributed by atoms with van der Waals surface area (Å²) >= 11 is 0. The zero-order valence-electron chi connectivity index (χ0n) is 13.9. The Morgan fingerprint density at radius 3 is 2.85 bits per heavy atom. The summed E-state index contributed by atoms with van der Waals surface area (Å²) in [6.07, 6.45) is 2.57. The van der Waals surface area contributed by atoms with E-state index in [4.69, 9.17) is 5.11 Å². The molecule has 0 radical (unpaired) electrons. The minimum atomic E-state index is -1.07. The Hall–Kier alpha value is -3.27. The van der Waals surface area contributed by atoms with Crippen LogP contribution in [0.4, 0.5) is 14.9 Å². The van der Waals surface area contributed by atoms with Gasteiger partial charge < -0.3 is 15.3 Å². The molecule has 1 fully saturated rings. The molecule has 4 rings (SSSR count). The summed E-state index contributed by atoms with van der Waals surface area (Å²) in [5.74, 6) is -0.366. The van der Waals surface area contributed by atoms with E-state index in [9.17, 15) is 14.4 Å². The second kappa shape index (κ2) is 6.23. The van der Waals surface area contributed by atoms with Crippen LogP contribution in [0, 0.1) is 17.3 Å². The van der Waals surface area contributed by atoms with E-state index < -0.39 is 6.09 Å². The molecule has 1 aliphatic rings. The van der Waals surface area contributed by atoms with Crippen LogP contribution in [0.1, 0.15) is 12.8 Å². The van der Waals surface area contributed by atoms with Crippen LogP contribution in [0.15, 0.2) is 36.4 Å². The number of hydrogen-bond donors (Lipinski definition) is 2. The minimum Gasteiger partial charge on any atom is -0.465 e. The van der Waals surface area contributed by atoms with Gasteiger partial charge >= 0.3 is 6.09 Å². The summed E-state index contributed by atoms with van der Waals surface area (Å²) in [7, 11) is 0. The van der Waals surface area contributed by atoms with Crippen molar-refractivity contribution in [3.63, 3.8) is 0 Å². The Labute approximate surface area is 149 Å². The summed E-state index contributed by atoms with van der Waals surface area (Å²) in [6, 6.07) is 10.2. The number of amides is 1. The normalized spacial score (nSPS) is 17.4. The van der Waals surface area contributed by atoms with Crippen molar-refractivity contribution in [1.29, 1.82) is 5.26 Å². The number of halogens is 1. The van der Waals surface area contributed by atoms with Gasteiger partial charge in [-0.25, -0.2) is 13.8 Å². The number of carboxylic acid groups (broad SMARTS) is 1. The molecular weight excluding hydrogens is 335 g/mol. The molecule has 2 N–H and O–H groups in total. The largest absolute Gasteiger partial charge is 0.465 e. The fourth-order valence-corrected chi connectivity index (χ4v) is 3.91. The summed E-state index contributed by atoms with van der Waals surface area (Å²) in [6.45, 7) is 1.04. The topological polar surface area (TPSA) is 81.3 Å². The van der Waals surface area contributed by atoms with Gasteiger partial charge in [-0.05, 0) is 31.0 Å². The van der Waals surface area contributed by atoms with E-state index in [-0.39, 0.29) is 11.9 Å². The van der Waals surface area contributed by atoms with Gasteiger partial charge in [0.15, 0.2) is 6.19 Å². The number of nitriles is 1. The summed E-state index contributed by atoms with van der Waals surface area (Å²) in [5, 5.41) is 22.5. The van der Waals surface area contributed by atoms with Crippen LogP contribution >= 0.6 is 0 Å². The lowest BCUT2D eigenvalue weighted by Crippen LogP contribution is -2.47. The zero-order chi connectivity index (χ0) is 18.3. The molecule has 2 heterocycles. The lowest BCUT2D eigenvalue weighted by molar-refractivity contribution is 0.188. The number of rotatable bonds is 2. The Balaban J connectivity index is 1.91. The van der Waals surface area contributed by atoms with Crippen molar-refractivity contribution in [2.75, 3.05) is 18.0 Å². The minimum absolute atomic E-state index is 0.250. The molecule has 1 unspecified atom stereocenters. The van der Waals surface area contributed by atoms with Crippen LogP contribution in [0.3, 0.4) is 0 Å². The summed E-state index contributed by atoms with van der Waals surface area (Å²) in [4.78, 5) is 12.8.